The van der Waals surface area contributed by atoms with Crippen molar-refractivity contribution < 1.29 is 23.8 Å². The van der Waals surface area contributed by atoms with E-state index in [-0.39, 0.29) is 12.3 Å². The topological polar surface area (TPSA) is 109 Å². The Kier molecular flexibility index (Phi) is 6.74. The number of carbonyl (C=O) groups excluding carboxylic acids is 2. The lowest BCUT2D eigenvalue weighted by molar-refractivity contribution is -0.308. The maximum Gasteiger partial charge on any atom is 0.336 e. The SMILES string of the molecule is CC(C)C[C@H](NC(=O)[C@@H](C)Oc1ccc2c(-c3ccccc3)cc(=O)oc2c1)C(=O)[O-]. The summed E-state index contributed by atoms with van der Waals surface area (Å²) in [5.41, 5.74) is 1.43. The van der Waals surface area contributed by atoms with Crippen LogP contribution in [-0.2, 0) is 9.59 Å². The molecule has 0 fully saturated rings. The number of hydrogen-bond donors (Lipinski definition) is 1. The maximum atomic E-state index is 12.4. The van der Waals surface area contributed by atoms with E-state index in [0.29, 0.717) is 11.3 Å². The molecule has 1 amide bonds. The number of fused-ring (bicyclic) bond motifs is 1. The monoisotopic (exact) mass is 422 g/mol. The molecule has 2 aromatic carbocycles. The molecule has 162 valence electrons. The molecule has 0 aliphatic rings. The number of carboxylic acids is 1. The van der Waals surface area contributed by atoms with Gasteiger partial charge in [-0.1, -0.05) is 44.2 Å². The van der Waals surface area contributed by atoms with Crippen LogP contribution in [0, 0.1) is 5.92 Å². The van der Waals surface area contributed by atoms with Gasteiger partial charge in [-0.15, -0.1) is 0 Å². The molecule has 0 spiro atoms. The Labute approximate surface area is 179 Å². The van der Waals surface area contributed by atoms with Crippen LogP contribution < -0.4 is 20.8 Å². The summed E-state index contributed by atoms with van der Waals surface area (Å²) >= 11 is 0. The number of benzene rings is 2. The summed E-state index contributed by atoms with van der Waals surface area (Å²) in [5.74, 6) is -1.52. The van der Waals surface area contributed by atoms with Crippen molar-refractivity contribution in [3.63, 3.8) is 0 Å². The lowest BCUT2D eigenvalue weighted by atomic mass is 10.0. The zero-order chi connectivity index (χ0) is 22.5. The summed E-state index contributed by atoms with van der Waals surface area (Å²) in [4.78, 5) is 35.7. The first-order valence-corrected chi connectivity index (χ1v) is 10.1. The van der Waals surface area contributed by atoms with Gasteiger partial charge in [0.25, 0.3) is 5.91 Å². The molecular weight excluding hydrogens is 398 g/mol. The van der Waals surface area contributed by atoms with Gasteiger partial charge >= 0.3 is 5.63 Å². The van der Waals surface area contributed by atoms with Gasteiger partial charge in [-0.2, -0.15) is 0 Å². The van der Waals surface area contributed by atoms with Crippen LogP contribution in [0.15, 0.2) is 63.8 Å². The van der Waals surface area contributed by atoms with Crippen LogP contribution in [-0.4, -0.2) is 24.0 Å². The van der Waals surface area contributed by atoms with Gasteiger partial charge in [0.05, 0.1) is 12.0 Å². The molecule has 0 saturated carbocycles. The third kappa shape index (κ3) is 5.51. The number of amides is 1. The second-order valence-corrected chi connectivity index (χ2v) is 7.77. The van der Waals surface area contributed by atoms with Crippen LogP contribution in [0.25, 0.3) is 22.1 Å². The minimum Gasteiger partial charge on any atom is -0.548 e. The van der Waals surface area contributed by atoms with Gasteiger partial charge in [-0.3, -0.25) is 4.79 Å². The first kappa shape index (κ1) is 22.1. The van der Waals surface area contributed by atoms with Gasteiger partial charge < -0.3 is 24.4 Å². The fourth-order valence-corrected chi connectivity index (χ4v) is 3.31. The Morgan fingerprint density at radius 3 is 2.42 bits per heavy atom. The molecule has 0 saturated heterocycles. The largest absolute Gasteiger partial charge is 0.548 e. The quantitative estimate of drug-likeness (QED) is 0.559. The highest BCUT2D eigenvalue weighted by Crippen LogP contribution is 2.29. The molecule has 31 heavy (non-hydrogen) atoms. The fourth-order valence-electron chi connectivity index (χ4n) is 3.31. The van der Waals surface area contributed by atoms with E-state index in [2.05, 4.69) is 5.32 Å². The van der Waals surface area contributed by atoms with Crippen molar-refractivity contribution in [2.45, 2.75) is 39.3 Å². The number of hydrogen-bond acceptors (Lipinski definition) is 6. The fraction of sp³-hybridized carbons (Fsp3) is 0.292. The van der Waals surface area contributed by atoms with Gasteiger partial charge in [-0.25, -0.2) is 4.79 Å². The maximum absolute atomic E-state index is 12.4. The zero-order valence-electron chi connectivity index (χ0n) is 17.6. The van der Waals surface area contributed by atoms with E-state index < -0.39 is 29.6 Å². The van der Waals surface area contributed by atoms with E-state index in [1.807, 2.05) is 44.2 Å². The summed E-state index contributed by atoms with van der Waals surface area (Å²) in [6.07, 6.45) is -0.708. The summed E-state index contributed by atoms with van der Waals surface area (Å²) in [7, 11) is 0. The smallest absolute Gasteiger partial charge is 0.336 e. The molecule has 0 radical (unpaired) electrons. The second-order valence-electron chi connectivity index (χ2n) is 7.77. The van der Waals surface area contributed by atoms with Crippen LogP contribution in [0.3, 0.4) is 0 Å². The highest BCUT2D eigenvalue weighted by atomic mass is 16.5. The highest BCUT2D eigenvalue weighted by Gasteiger charge is 2.21. The molecule has 0 unspecified atom stereocenters. The minimum atomic E-state index is -1.34. The number of rotatable bonds is 8. The summed E-state index contributed by atoms with van der Waals surface area (Å²) < 4.78 is 11.0. The summed E-state index contributed by atoms with van der Waals surface area (Å²) in [6.45, 7) is 5.22. The van der Waals surface area contributed by atoms with E-state index in [0.717, 1.165) is 16.5 Å². The Morgan fingerprint density at radius 1 is 1.06 bits per heavy atom. The molecule has 2 atom stereocenters. The molecule has 3 aromatic rings. The van der Waals surface area contributed by atoms with E-state index in [4.69, 9.17) is 9.15 Å². The lowest BCUT2D eigenvalue weighted by Gasteiger charge is -2.23. The molecule has 7 heteroatoms. The molecule has 1 aromatic heterocycles. The van der Waals surface area contributed by atoms with Crippen molar-refractivity contribution in [3.05, 3.63) is 65.0 Å². The Balaban J connectivity index is 1.81. The Morgan fingerprint density at radius 2 is 1.77 bits per heavy atom. The zero-order valence-corrected chi connectivity index (χ0v) is 17.6. The highest BCUT2D eigenvalue weighted by molar-refractivity contribution is 5.93. The molecule has 1 N–H and O–H groups in total. The van der Waals surface area contributed by atoms with Crippen molar-refractivity contribution in [3.8, 4) is 16.9 Å². The number of carboxylic acid groups (broad SMARTS) is 1. The predicted octanol–water partition coefficient (Wildman–Crippen LogP) is 2.51. The standard InChI is InChI=1S/C24H25NO6/c1-14(2)11-20(24(28)29)25-23(27)15(3)30-17-9-10-18-19(16-7-5-4-6-8-16)13-22(26)31-21(18)12-17/h4-10,12-15,20H,11H2,1-3H3,(H,25,27)(H,28,29)/p-1/t15-,20+/m1/s1. The third-order valence-electron chi connectivity index (χ3n) is 4.79. The van der Waals surface area contributed by atoms with Gasteiger partial charge in [0.15, 0.2) is 6.10 Å². The third-order valence-corrected chi connectivity index (χ3v) is 4.79. The molecule has 1 heterocycles. The van der Waals surface area contributed by atoms with Crippen LogP contribution in [0.4, 0.5) is 0 Å². The Bertz CT molecular complexity index is 1140. The van der Waals surface area contributed by atoms with Gasteiger partial charge in [0.1, 0.15) is 11.3 Å². The number of nitrogens with one attached hydrogen (secondary N) is 1. The van der Waals surface area contributed by atoms with E-state index in [1.54, 1.807) is 12.1 Å². The number of aliphatic carboxylic acids is 1. The van der Waals surface area contributed by atoms with Crippen LogP contribution in [0.2, 0.25) is 0 Å². The van der Waals surface area contributed by atoms with Crippen LogP contribution in [0.1, 0.15) is 27.2 Å². The molecule has 0 aliphatic heterocycles. The molecule has 0 aliphatic carbocycles. The van der Waals surface area contributed by atoms with E-state index in [1.165, 1.54) is 19.1 Å². The van der Waals surface area contributed by atoms with Crippen molar-refractivity contribution in [1.82, 2.24) is 5.32 Å². The van der Waals surface area contributed by atoms with E-state index >= 15 is 0 Å². The van der Waals surface area contributed by atoms with Crippen LogP contribution >= 0.6 is 0 Å². The minimum absolute atomic E-state index is 0.0709. The number of ether oxygens (including phenoxy) is 1. The normalized spacial score (nSPS) is 13.0. The average molecular weight is 422 g/mol. The van der Waals surface area contributed by atoms with Crippen molar-refractivity contribution >= 4 is 22.8 Å². The lowest BCUT2D eigenvalue weighted by Crippen LogP contribution is -2.51. The van der Waals surface area contributed by atoms with Crippen LogP contribution in [0.5, 0.6) is 5.75 Å². The summed E-state index contributed by atoms with van der Waals surface area (Å²) in [6, 6.07) is 14.8. The predicted molar refractivity (Wildman–Crippen MR) is 114 cm³/mol. The van der Waals surface area contributed by atoms with E-state index in [9.17, 15) is 19.5 Å². The molecule has 3 rings (SSSR count). The van der Waals surface area contributed by atoms with Crippen molar-refractivity contribution in [1.29, 1.82) is 0 Å². The van der Waals surface area contributed by atoms with Gasteiger partial charge in [-0.05, 0) is 42.5 Å². The summed E-state index contributed by atoms with van der Waals surface area (Å²) in [5, 5.41) is 14.4. The first-order valence-electron chi connectivity index (χ1n) is 10.1. The molecule has 7 nitrogen and oxygen atoms in total. The molecular formula is C24H24NO6-. The van der Waals surface area contributed by atoms with Crippen molar-refractivity contribution in [2.24, 2.45) is 5.92 Å². The Hall–Kier alpha value is -3.61. The average Bonchev–Trinajstić information content (AvgIpc) is 2.72. The molecule has 0 bridgehead atoms. The number of carbonyl (C=O) groups is 2. The van der Waals surface area contributed by atoms with Crippen molar-refractivity contribution in [2.75, 3.05) is 0 Å². The second kappa shape index (κ2) is 9.47. The van der Waals surface area contributed by atoms with Gasteiger partial charge in [0.2, 0.25) is 0 Å². The first-order chi connectivity index (χ1) is 14.7. The van der Waals surface area contributed by atoms with Gasteiger partial charge in [0, 0.05) is 17.5 Å².